The molecule has 0 aliphatic carbocycles. The minimum Gasteiger partial charge on any atom is -0.493 e. The lowest BCUT2D eigenvalue weighted by Gasteiger charge is -2.03. The van der Waals surface area contributed by atoms with E-state index >= 15 is 0 Å². The molecule has 0 aromatic heterocycles. The minimum absolute atomic E-state index is 0.0425. The van der Waals surface area contributed by atoms with E-state index < -0.39 is 0 Å². The highest BCUT2D eigenvalue weighted by Crippen LogP contribution is 2.38. The third kappa shape index (κ3) is 0.937. The van der Waals surface area contributed by atoms with Crippen molar-refractivity contribution in [2.24, 2.45) is 5.73 Å². The fourth-order valence-corrected chi connectivity index (χ4v) is 1.91. The van der Waals surface area contributed by atoms with Gasteiger partial charge in [0.15, 0.2) is 0 Å². The highest BCUT2D eigenvalue weighted by Gasteiger charge is 2.24. The van der Waals surface area contributed by atoms with Crippen molar-refractivity contribution in [3.05, 3.63) is 23.3 Å². The van der Waals surface area contributed by atoms with Gasteiger partial charge >= 0.3 is 0 Å². The molecule has 3 nitrogen and oxygen atoms in total. The van der Waals surface area contributed by atoms with Crippen molar-refractivity contribution in [2.75, 3.05) is 13.2 Å². The lowest BCUT2D eigenvalue weighted by atomic mass is 10.0. The van der Waals surface area contributed by atoms with Crippen LogP contribution in [0.1, 0.15) is 17.2 Å². The lowest BCUT2D eigenvalue weighted by molar-refractivity contribution is 0.327. The van der Waals surface area contributed by atoms with Crippen LogP contribution in [-0.4, -0.2) is 13.2 Å². The molecule has 0 bridgehead atoms. The quantitative estimate of drug-likeness (QED) is 0.643. The molecule has 0 spiro atoms. The molecule has 2 aliphatic heterocycles. The van der Waals surface area contributed by atoms with E-state index in [1.165, 1.54) is 5.56 Å². The molecule has 3 heteroatoms. The van der Waals surface area contributed by atoms with Crippen molar-refractivity contribution in [3.63, 3.8) is 0 Å². The molecule has 2 aliphatic rings. The lowest BCUT2D eigenvalue weighted by Crippen LogP contribution is -2.10. The third-order valence-electron chi connectivity index (χ3n) is 2.64. The second-order valence-electron chi connectivity index (χ2n) is 3.51. The Kier molecular flexibility index (Phi) is 1.32. The molecule has 1 aromatic rings. The van der Waals surface area contributed by atoms with E-state index in [0.717, 1.165) is 30.1 Å². The first-order valence-electron chi connectivity index (χ1n) is 4.52. The summed E-state index contributed by atoms with van der Waals surface area (Å²) in [6, 6.07) is 4.13. The molecule has 1 unspecified atom stereocenters. The average Bonchev–Trinajstić information content (AvgIpc) is 2.70. The van der Waals surface area contributed by atoms with Crippen LogP contribution in [0.25, 0.3) is 0 Å². The summed E-state index contributed by atoms with van der Waals surface area (Å²) >= 11 is 0. The zero-order valence-corrected chi connectivity index (χ0v) is 7.25. The van der Waals surface area contributed by atoms with Crippen LogP contribution in [0.2, 0.25) is 0 Å². The van der Waals surface area contributed by atoms with Gasteiger partial charge in [0, 0.05) is 18.1 Å². The van der Waals surface area contributed by atoms with Crippen molar-refractivity contribution >= 4 is 0 Å². The Bertz CT molecular complexity index is 362. The molecule has 1 aromatic carbocycles. The van der Waals surface area contributed by atoms with Gasteiger partial charge in [-0.05, 0) is 11.6 Å². The van der Waals surface area contributed by atoms with E-state index in [1.54, 1.807) is 0 Å². The summed E-state index contributed by atoms with van der Waals surface area (Å²) in [5.41, 5.74) is 8.27. The summed E-state index contributed by atoms with van der Waals surface area (Å²) < 4.78 is 10.9. The summed E-state index contributed by atoms with van der Waals surface area (Å²) in [6.07, 6.45) is 0.995. The van der Waals surface area contributed by atoms with Crippen molar-refractivity contribution in [1.29, 1.82) is 0 Å². The first-order valence-corrected chi connectivity index (χ1v) is 4.52. The fourth-order valence-electron chi connectivity index (χ4n) is 1.91. The molecular weight excluding hydrogens is 166 g/mol. The summed E-state index contributed by atoms with van der Waals surface area (Å²) in [7, 11) is 0. The molecule has 13 heavy (non-hydrogen) atoms. The molecule has 0 radical (unpaired) electrons. The van der Waals surface area contributed by atoms with Gasteiger partial charge in [0.1, 0.15) is 18.1 Å². The number of fused-ring (bicyclic) bond motifs is 2. The Balaban J connectivity index is 2.16. The maximum Gasteiger partial charge on any atom is 0.128 e. The van der Waals surface area contributed by atoms with Crippen LogP contribution >= 0.6 is 0 Å². The number of hydrogen-bond donors (Lipinski definition) is 1. The first-order chi connectivity index (χ1) is 6.34. The van der Waals surface area contributed by atoms with E-state index in [9.17, 15) is 0 Å². The van der Waals surface area contributed by atoms with Gasteiger partial charge in [0.25, 0.3) is 0 Å². The van der Waals surface area contributed by atoms with Crippen LogP contribution in [0.4, 0.5) is 0 Å². The maximum atomic E-state index is 5.87. The molecule has 2 heterocycles. The van der Waals surface area contributed by atoms with Crippen LogP contribution < -0.4 is 15.2 Å². The topological polar surface area (TPSA) is 44.5 Å². The molecule has 0 saturated carbocycles. The number of rotatable bonds is 0. The molecule has 0 amide bonds. The van der Waals surface area contributed by atoms with Gasteiger partial charge in [-0.2, -0.15) is 0 Å². The zero-order valence-electron chi connectivity index (χ0n) is 7.25. The van der Waals surface area contributed by atoms with Crippen LogP contribution in [0, 0.1) is 0 Å². The van der Waals surface area contributed by atoms with Crippen LogP contribution in [0.5, 0.6) is 11.5 Å². The average molecular weight is 177 g/mol. The Hall–Kier alpha value is -1.22. The van der Waals surface area contributed by atoms with Gasteiger partial charge in [-0.25, -0.2) is 0 Å². The SMILES string of the molecule is NC1COc2cc3c(cc21)CCO3. The van der Waals surface area contributed by atoms with Gasteiger partial charge in [0.2, 0.25) is 0 Å². The second-order valence-corrected chi connectivity index (χ2v) is 3.51. The molecule has 0 saturated heterocycles. The van der Waals surface area contributed by atoms with Gasteiger partial charge in [-0.3, -0.25) is 0 Å². The molecule has 3 rings (SSSR count). The smallest absolute Gasteiger partial charge is 0.128 e. The van der Waals surface area contributed by atoms with Crippen molar-refractivity contribution in [3.8, 4) is 11.5 Å². The molecule has 2 N–H and O–H groups in total. The van der Waals surface area contributed by atoms with Gasteiger partial charge in [-0.15, -0.1) is 0 Å². The van der Waals surface area contributed by atoms with E-state index in [2.05, 4.69) is 6.07 Å². The summed E-state index contributed by atoms with van der Waals surface area (Å²) in [5.74, 6) is 1.86. The molecular formula is C10H11NO2. The Morgan fingerprint density at radius 2 is 2.15 bits per heavy atom. The monoisotopic (exact) mass is 177 g/mol. The highest BCUT2D eigenvalue weighted by atomic mass is 16.5. The molecule has 1 atom stereocenters. The van der Waals surface area contributed by atoms with Gasteiger partial charge < -0.3 is 15.2 Å². The number of benzene rings is 1. The predicted molar refractivity (Wildman–Crippen MR) is 48.1 cm³/mol. The van der Waals surface area contributed by atoms with Crippen molar-refractivity contribution < 1.29 is 9.47 Å². The van der Waals surface area contributed by atoms with Crippen LogP contribution in [-0.2, 0) is 6.42 Å². The number of ether oxygens (including phenoxy) is 2. The second kappa shape index (κ2) is 2.39. The Morgan fingerprint density at radius 1 is 1.23 bits per heavy atom. The van der Waals surface area contributed by atoms with Crippen molar-refractivity contribution in [2.45, 2.75) is 12.5 Å². The van der Waals surface area contributed by atoms with Gasteiger partial charge in [0.05, 0.1) is 12.6 Å². The summed E-state index contributed by atoms with van der Waals surface area (Å²) in [4.78, 5) is 0. The standard InChI is InChI=1S/C10H11NO2/c11-8-5-13-10-4-9-6(1-2-12-9)3-7(8)10/h3-4,8H,1-2,5,11H2. The Labute approximate surface area is 76.4 Å². The predicted octanol–water partition coefficient (Wildman–Crippen LogP) is 1.01. The van der Waals surface area contributed by atoms with Crippen LogP contribution in [0.15, 0.2) is 12.1 Å². The third-order valence-corrected chi connectivity index (χ3v) is 2.64. The number of nitrogens with two attached hydrogens (primary N) is 1. The first kappa shape index (κ1) is 7.21. The van der Waals surface area contributed by atoms with E-state index in [0.29, 0.717) is 6.61 Å². The van der Waals surface area contributed by atoms with E-state index in [4.69, 9.17) is 15.2 Å². The molecule has 68 valence electrons. The van der Waals surface area contributed by atoms with E-state index in [1.807, 2.05) is 6.07 Å². The largest absolute Gasteiger partial charge is 0.493 e. The fraction of sp³-hybridized carbons (Fsp3) is 0.400. The summed E-state index contributed by atoms with van der Waals surface area (Å²) in [6.45, 7) is 1.38. The molecule has 0 fully saturated rings. The maximum absolute atomic E-state index is 5.87. The van der Waals surface area contributed by atoms with Crippen LogP contribution in [0.3, 0.4) is 0 Å². The minimum atomic E-state index is 0.0425. The Morgan fingerprint density at radius 3 is 3.08 bits per heavy atom. The summed E-state index contributed by atoms with van der Waals surface area (Å²) in [5, 5.41) is 0. The highest BCUT2D eigenvalue weighted by molar-refractivity contribution is 5.51. The van der Waals surface area contributed by atoms with Gasteiger partial charge in [-0.1, -0.05) is 0 Å². The van der Waals surface area contributed by atoms with Crippen molar-refractivity contribution in [1.82, 2.24) is 0 Å². The number of hydrogen-bond acceptors (Lipinski definition) is 3. The normalized spacial score (nSPS) is 23.3. The van der Waals surface area contributed by atoms with E-state index in [-0.39, 0.29) is 6.04 Å². The zero-order chi connectivity index (χ0) is 8.84.